The van der Waals surface area contributed by atoms with Crippen molar-refractivity contribution < 1.29 is 30.6 Å². The van der Waals surface area contributed by atoms with Crippen LogP contribution in [0.1, 0.15) is 77.1 Å². The Morgan fingerprint density at radius 2 is 1.26 bits per heavy atom. The zero-order chi connectivity index (χ0) is 34.1. The zero-order valence-electron chi connectivity index (χ0n) is 31.2. The molecule has 0 N–H and O–H groups in total. The van der Waals surface area contributed by atoms with Crippen LogP contribution >= 0.6 is 0 Å². The van der Waals surface area contributed by atoms with Gasteiger partial charge in [-0.15, -0.1) is 12.1 Å². The molecule has 5 heteroatoms. The van der Waals surface area contributed by atoms with E-state index in [1.54, 1.807) is 5.20 Å². The Morgan fingerprint density at radius 1 is 0.804 bits per heavy atom. The topological polar surface area (TPSA) is 15.7 Å². The van der Waals surface area contributed by atoms with Gasteiger partial charge in [-0.2, -0.15) is 42.7 Å². The molecule has 1 aliphatic carbocycles. The second kappa shape index (κ2) is 18.1. The molecule has 4 rings (SSSR count). The molecule has 0 aliphatic heterocycles. The number of benzene rings is 3. The van der Waals surface area contributed by atoms with Gasteiger partial charge in [-0.1, -0.05) is 120 Å². The van der Waals surface area contributed by atoms with E-state index in [1.807, 2.05) is 71.7 Å². The molecule has 246 valence electrons. The molecule has 0 radical (unpaired) electrons. The number of hydrogen-bond donors (Lipinski definition) is 0. The maximum absolute atomic E-state index is 6.07. The first kappa shape index (κ1) is 41.4. The number of anilines is 2. The largest absolute Gasteiger partial charge is 3.00 e. The minimum absolute atomic E-state index is 0. The smallest absolute Gasteiger partial charge is 0.497 e. The third-order valence-corrected chi connectivity index (χ3v) is 14.3. The molecule has 46 heavy (non-hydrogen) atoms. The summed E-state index contributed by atoms with van der Waals surface area (Å²) in [5.74, 6) is 1.14. The van der Waals surface area contributed by atoms with E-state index in [0.29, 0.717) is 0 Å². The van der Waals surface area contributed by atoms with E-state index in [9.17, 15) is 0 Å². The van der Waals surface area contributed by atoms with Crippen molar-refractivity contribution in [3.63, 3.8) is 0 Å². The van der Waals surface area contributed by atoms with Crippen LogP contribution in [0, 0.1) is 26.8 Å². The molecule has 0 amide bonds. The van der Waals surface area contributed by atoms with Crippen molar-refractivity contribution in [2.45, 2.75) is 79.3 Å². The van der Waals surface area contributed by atoms with Crippen LogP contribution in [0.3, 0.4) is 0 Å². The zero-order valence-corrected chi connectivity index (χ0v) is 34.0. The first-order valence-electron chi connectivity index (χ1n) is 16.2. The molecule has 0 bridgehead atoms. The van der Waals surface area contributed by atoms with Gasteiger partial charge in [0.15, 0.2) is 0 Å². The number of allylic oxidation sites excluding steroid dienone is 4. The predicted molar refractivity (Wildman–Crippen MR) is 203 cm³/mol. The maximum Gasteiger partial charge on any atom is 3.00 e. The summed E-state index contributed by atoms with van der Waals surface area (Å²) in [7, 11) is 8.09. The van der Waals surface area contributed by atoms with Gasteiger partial charge in [-0.05, 0) is 51.3 Å². The molecule has 0 saturated heterocycles. The SMILES string of the molecule is CC[Si](CC)(C1=C(C)[C-]=C(C)C1)c1cc(C)cc(C(C)(C)C)c1OC.[CH2-]c1ccccc1N(C)C.[CH2-]c1ccccc1N(C)C.[Sc+3]. The molecule has 0 atom stereocenters. The number of rotatable bonds is 7. The van der Waals surface area contributed by atoms with Crippen molar-refractivity contribution in [1.82, 2.24) is 0 Å². The third-order valence-electron chi connectivity index (χ3n) is 8.79. The molecule has 0 aromatic heterocycles. The Balaban J connectivity index is 0.000000413. The maximum atomic E-state index is 6.07. The molecular formula is C41H59N2OScSi. The average molecular weight is 669 g/mol. The van der Waals surface area contributed by atoms with Gasteiger partial charge in [-0.3, -0.25) is 0 Å². The van der Waals surface area contributed by atoms with E-state index in [2.05, 4.69) is 109 Å². The van der Waals surface area contributed by atoms with Gasteiger partial charge in [0.2, 0.25) is 0 Å². The van der Waals surface area contributed by atoms with Gasteiger partial charge >= 0.3 is 25.8 Å². The van der Waals surface area contributed by atoms with E-state index < -0.39 is 8.07 Å². The van der Waals surface area contributed by atoms with Gasteiger partial charge in [0, 0.05) is 8.07 Å². The first-order valence-corrected chi connectivity index (χ1v) is 18.6. The van der Waals surface area contributed by atoms with Crippen LogP contribution in [0.2, 0.25) is 12.1 Å². The number of aryl methyl sites for hydroxylation is 1. The second-order valence-corrected chi connectivity index (χ2v) is 18.4. The van der Waals surface area contributed by atoms with Crippen LogP contribution in [0.5, 0.6) is 5.75 Å². The molecular weight excluding hydrogens is 610 g/mol. The van der Waals surface area contributed by atoms with E-state index in [0.717, 1.165) is 23.3 Å². The van der Waals surface area contributed by atoms with Crippen LogP contribution in [-0.4, -0.2) is 43.4 Å². The Kier molecular flexibility index (Phi) is 16.2. The molecule has 3 aromatic carbocycles. The normalized spacial score (nSPS) is 12.6. The fourth-order valence-electron chi connectivity index (χ4n) is 6.39. The Morgan fingerprint density at radius 3 is 1.57 bits per heavy atom. The molecule has 1 aliphatic rings. The summed E-state index contributed by atoms with van der Waals surface area (Å²) >= 11 is 0. The molecule has 0 heterocycles. The molecule has 0 fully saturated rings. The Hall–Kier alpha value is -2.63. The summed E-state index contributed by atoms with van der Waals surface area (Å²) in [4.78, 5) is 4.12. The van der Waals surface area contributed by atoms with Crippen molar-refractivity contribution in [2.75, 3.05) is 45.1 Å². The van der Waals surface area contributed by atoms with Gasteiger partial charge in [0.25, 0.3) is 0 Å². The van der Waals surface area contributed by atoms with Crippen molar-refractivity contribution >= 4 is 24.6 Å². The van der Waals surface area contributed by atoms with E-state index in [1.165, 1.54) is 50.9 Å². The minimum atomic E-state index is -1.83. The van der Waals surface area contributed by atoms with Gasteiger partial charge in [-0.25, -0.2) is 16.8 Å². The van der Waals surface area contributed by atoms with E-state index in [-0.39, 0.29) is 31.3 Å². The summed E-state index contributed by atoms with van der Waals surface area (Å²) < 4.78 is 6.07. The fourth-order valence-corrected chi connectivity index (χ4v) is 11.4. The van der Waals surface area contributed by atoms with Gasteiger partial charge in [0.1, 0.15) is 5.75 Å². The first-order chi connectivity index (χ1) is 21.0. The Bertz CT molecular complexity index is 1430. The molecule has 0 unspecified atom stereocenters. The van der Waals surface area contributed by atoms with Crippen molar-refractivity contribution in [1.29, 1.82) is 0 Å². The second-order valence-electron chi connectivity index (χ2n) is 13.7. The Labute approximate surface area is 302 Å². The van der Waals surface area contributed by atoms with Crippen molar-refractivity contribution in [2.24, 2.45) is 0 Å². The third kappa shape index (κ3) is 10.2. The van der Waals surface area contributed by atoms with E-state index in [4.69, 9.17) is 4.74 Å². The van der Waals surface area contributed by atoms with Crippen molar-refractivity contribution in [3.05, 3.63) is 119 Å². The standard InChI is InChI=1S/C23H35OSi.2C9H12N.Sc/c1-10-25(11-2,20-14-16(3)12-18(20)5)21-15-17(4)13-19(22(21)24-9)23(6,7)8;2*1-8-6-4-5-7-9(8)10(2)3;/h13,15H,10-11,14H2,1-9H3;2*4-7H,1H2,2-3H3;/q3*-1;+3. The number of para-hydroxylation sites is 2. The van der Waals surface area contributed by atoms with Crippen LogP contribution in [0.15, 0.2) is 77.0 Å². The average Bonchev–Trinajstić information content (AvgIpc) is 3.32. The number of nitrogens with zero attached hydrogens (tertiary/aromatic N) is 2. The predicted octanol–water partition coefficient (Wildman–Crippen LogP) is 9.87. The minimum Gasteiger partial charge on any atom is -0.497 e. The molecule has 3 aromatic rings. The number of hydrogen-bond acceptors (Lipinski definition) is 3. The van der Waals surface area contributed by atoms with Gasteiger partial charge < -0.3 is 14.5 Å². The monoisotopic (exact) mass is 668 g/mol. The fraction of sp³-hybridized carbons (Fsp3) is 0.415. The summed E-state index contributed by atoms with van der Waals surface area (Å²) in [6.07, 6.45) is 4.70. The number of methoxy groups -OCH3 is 1. The summed E-state index contributed by atoms with van der Waals surface area (Å²) in [5.41, 5.74) is 10.1. The summed E-state index contributed by atoms with van der Waals surface area (Å²) in [6, 6.07) is 23.3. The summed E-state index contributed by atoms with van der Waals surface area (Å²) in [5, 5.41) is 3.16. The summed E-state index contributed by atoms with van der Waals surface area (Å²) in [6.45, 7) is 26.1. The molecule has 0 saturated carbocycles. The van der Waals surface area contributed by atoms with Crippen LogP contribution in [0.4, 0.5) is 11.4 Å². The number of ether oxygens (including phenoxy) is 1. The van der Waals surface area contributed by atoms with E-state index >= 15 is 0 Å². The van der Waals surface area contributed by atoms with Gasteiger partial charge in [0.05, 0.1) is 7.11 Å². The van der Waals surface area contributed by atoms with Crippen LogP contribution < -0.4 is 19.7 Å². The molecule has 0 spiro atoms. The quantitative estimate of drug-likeness (QED) is 0.184. The van der Waals surface area contributed by atoms with Crippen LogP contribution in [0.25, 0.3) is 0 Å². The van der Waals surface area contributed by atoms with Crippen LogP contribution in [-0.2, 0) is 31.3 Å². The van der Waals surface area contributed by atoms with Crippen molar-refractivity contribution in [3.8, 4) is 5.75 Å². The molecule has 3 nitrogen and oxygen atoms in total.